The van der Waals surface area contributed by atoms with Crippen molar-refractivity contribution in [2.75, 3.05) is 26.0 Å². The molecular weight excluding hydrogens is 569 g/mol. The van der Waals surface area contributed by atoms with Crippen LogP contribution in [0.4, 0.5) is 9.18 Å². The Balaban J connectivity index is 1.57. The van der Waals surface area contributed by atoms with Gasteiger partial charge in [0.2, 0.25) is 0 Å². The average Bonchev–Trinajstić information content (AvgIpc) is 3.40. The molecule has 7 nitrogen and oxygen atoms in total. The van der Waals surface area contributed by atoms with Crippen molar-refractivity contribution in [2.45, 2.75) is 51.5 Å². The Morgan fingerprint density at radius 1 is 0.977 bits per heavy atom. The van der Waals surface area contributed by atoms with Crippen LogP contribution in [-0.2, 0) is 16.0 Å². The van der Waals surface area contributed by atoms with Crippen molar-refractivity contribution < 1.29 is 33.0 Å². The van der Waals surface area contributed by atoms with Crippen molar-refractivity contribution in [1.82, 2.24) is 4.90 Å². The number of rotatable bonds is 10. The van der Waals surface area contributed by atoms with E-state index in [1.807, 2.05) is 56.5 Å². The van der Waals surface area contributed by atoms with Crippen LogP contribution in [0.1, 0.15) is 47.8 Å². The molecule has 1 heterocycles. The number of amides is 1. The van der Waals surface area contributed by atoms with Gasteiger partial charge >= 0.3 is 12.1 Å². The molecule has 4 rings (SSSR count). The van der Waals surface area contributed by atoms with Gasteiger partial charge in [-0.1, -0.05) is 24.3 Å². The van der Waals surface area contributed by atoms with Gasteiger partial charge in [0, 0.05) is 29.5 Å². The first-order valence-corrected chi connectivity index (χ1v) is 15.5. The second-order valence-corrected chi connectivity index (χ2v) is 12.2. The largest absolute Gasteiger partial charge is 0.476 e. The molecule has 228 valence electrons. The number of likely N-dealkylation sites (tertiary alicyclic amines) is 1. The minimum absolute atomic E-state index is 0.0284. The zero-order valence-corrected chi connectivity index (χ0v) is 26.3. The van der Waals surface area contributed by atoms with Crippen molar-refractivity contribution >= 4 is 29.6 Å². The third kappa shape index (κ3) is 7.76. The number of esters is 1. The molecule has 3 aromatic rings. The number of carbonyl (C=O) groups excluding carboxylic acids is 3. The van der Waals surface area contributed by atoms with Crippen molar-refractivity contribution in [2.24, 2.45) is 11.8 Å². The van der Waals surface area contributed by atoms with E-state index in [-0.39, 0.29) is 30.6 Å². The number of hydrogen-bond donors (Lipinski definition) is 0. The number of aryl methyl sites for hydroxylation is 2. The van der Waals surface area contributed by atoms with E-state index in [0.717, 1.165) is 21.6 Å². The molecule has 0 saturated carbocycles. The standard InChI is InChI=1S/C34H38FNO6S/c1-7-40-32(38)34(4,5)42-31-21(2)16-23(17-22(31)3)18-25-19-36(33(39)41-27-12-10-26(35)11-13-27)20-29(25)30(37)24-8-14-28(43-6)15-9-24/h8-17,25,29H,7,18-20H2,1-6H3. The average molecular weight is 608 g/mol. The highest BCUT2D eigenvalue weighted by Crippen LogP contribution is 2.34. The maximum Gasteiger partial charge on any atom is 0.415 e. The first-order valence-electron chi connectivity index (χ1n) is 14.3. The predicted octanol–water partition coefficient (Wildman–Crippen LogP) is 7.06. The topological polar surface area (TPSA) is 82.1 Å². The Morgan fingerprint density at radius 3 is 2.19 bits per heavy atom. The SMILES string of the molecule is CCOC(=O)C(C)(C)Oc1c(C)cc(CC2CN(C(=O)Oc3ccc(F)cc3)CC2C(=O)c2ccc(SC)cc2)cc1C. The molecule has 1 saturated heterocycles. The molecule has 9 heteroatoms. The van der Waals surface area contributed by atoms with Gasteiger partial charge in [-0.25, -0.2) is 14.0 Å². The smallest absolute Gasteiger partial charge is 0.415 e. The third-order valence-electron chi connectivity index (χ3n) is 7.57. The maximum atomic E-state index is 13.8. The fourth-order valence-electron chi connectivity index (χ4n) is 5.38. The molecule has 0 radical (unpaired) electrons. The van der Waals surface area contributed by atoms with Gasteiger partial charge in [-0.2, -0.15) is 0 Å². The van der Waals surface area contributed by atoms with E-state index in [0.29, 0.717) is 24.3 Å². The summed E-state index contributed by atoms with van der Waals surface area (Å²) < 4.78 is 30.1. The molecule has 0 aliphatic carbocycles. The van der Waals surface area contributed by atoms with Crippen LogP contribution in [0.15, 0.2) is 65.6 Å². The summed E-state index contributed by atoms with van der Waals surface area (Å²) in [6.07, 6.45) is 1.94. The molecule has 2 atom stereocenters. The van der Waals surface area contributed by atoms with Gasteiger partial charge in [0.15, 0.2) is 11.4 Å². The molecule has 1 aliphatic rings. The van der Waals surface area contributed by atoms with Crippen LogP contribution >= 0.6 is 11.8 Å². The zero-order chi connectivity index (χ0) is 31.3. The van der Waals surface area contributed by atoms with E-state index in [9.17, 15) is 18.8 Å². The van der Waals surface area contributed by atoms with Gasteiger partial charge in [-0.3, -0.25) is 4.79 Å². The molecule has 1 fully saturated rings. The summed E-state index contributed by atoms with van der Waals surface area (Å²) in [5.74, 6) is -0.666. The number of ketones is 1. The summed E-state index contributed by atoms with van der Waals surface area (Å²) in [7, 11) is 0. The molecule has 0 bridgehead atoms. The van der Waals surface area contributed by atoms with Gasteiger partial charge < -0.3 is 19.1 Å². The Hall–Kier alpha value is -3.85. The summed E-state index contributed by atoms with van der Waals surface area (Å²) >= 11 is 1.60. The lowest BCUT2D eigenvalue weighted by molar-refractivity contribution is -0.158. The molecule has 43 heavy (non-hydrogen) atoms. The van der Waals surface area contributed by atoms with Gasteiger partial charge in [0.05, 0.1) is 6.61 Å². The first-order chi connectivity index (χ1) is 20.4. The minimum Gasteiger partial charge on any atom is -0.476 e. The maximum absolute atomic E-state index is 13.8. The normalized spacial score (nSPS) is 16.6. The Kier molecular flexibility index (Phi) is 10.2. The Bertz CT molecular complexity index is 1450. The van der Waals surface area contributed by atoms with Crippen molar-refractivity contribution in [1.29, 1.82) is 0 Å². The van der Waals surface area contributed by atoms with Gasteiger partial charge in [0.1, 0.15) is 17.3 Å². The summed E-state index contributed by atoms with van der Waals surface area (Å²) in [6.45, 7) is 9.75. The van der Waals surface area contributed by atoms with Crippen LogP contribution in [-0.4, -0.2) is 54.3 Å². The lowest BCUT2D eigenvalue weighted by atomic mass is 9.84. The highest BCUT2D eigenvalue weighted by Gasteiger charge is 2.41. The monoisotopic (exact) mass is 607 g/mol. The number of benzene rings is 3. The molecule has 0 N–H and O–H groups in total. The third-order valence-corrected chi connectivity index (χ3v) is 8.32. The highest BCUT2D eigenvalue weighted by molar-refractivity contribution is 7.98. The van der Waals surface area contributed by atoms with Crippen LogP contribution < -0.4 is 9.47 Å². The van der Waals surface area contributed by atoms with Crippen molar-refractivity contribution in [3.63, 3.8) is 0 Å². The van der Waals surface area contributed by atoms with E-state index in [1.54, 1.807) is 37.4 Å². The number of halogens is 1. The first kappa shape index (κ1) is 32.1. The van der Waals surface area contributed by atoms with Crippen LogP contribution in [0, 0.1) is 31.5 Å². The van der Waals surface area contributed by atoms with Crippen LogP contribution in [0.25, 0.3) is 0 Å². The number of nitrogens with zero attached hydrogens (tertiary/aromatic N) is 1. The van der Waals surface area contributed by atoms with Gasteiger partial charge in [-0.15, -0.1) is 11.8 Å². The van der Waals surface area contributed by atoms with Crippen LogP contribution in [0.3, 0.4) is 0 Å². The van der Waals surface area contributed by atoms with E-state index in [4.69, 9.17) is 14.2 Å². The number of Topliss-reactive ketones (excluding diaryl/α,β-unsaturated/α-hetero) is 1. The fourth-order valence-corrected chi connectivity index (χ4v) is 5.79. The molecule has 1 aliphatic heterocycles. The lowest BCUT2D eigenvalue weighted by Gasteiger charge is -2.27. The second-order valence-electron chi connectivity index (χ2n) is 11.3. The number of hydrogen-bond acceptors (Lipinski definition) is 7. The zero-order valence-electron chi connectivity index (χ0n) is 25.4. The minimum atomic E-state index is -1.16. The molecule has 1 amide bonds. The number of thioether (sulfide) groups is 1. The van der Waals surface area contributed by atoms with Gasteiger partial charge in [0.25, 0.3) is 0 Å². The summed E-state index contributed by atoms with van der Waals surface area (Å²) in [5, 5.41) is 0. The fraction of sp³-hybridized carbons (Fsp3) is 0.382. The molecule has 0 aromatic heterocycles. The number of ether oxygens (including phenoxy) is 3. The second kappa shape index (κ2) is 13.6. The van der Waals surface area contributed by atoms with E-state index in [1.165, 1.54) is 24.3 Å². The molecule has 0 spiro atoms. The summed E-state index contributed by atoms with van der Waals surface area (Å²) in [5.41, 5.74) is 2.14. The van der Waals surface area contributed by atoms with E-state index >= 15 is 0 Å². The number of carbonyl (C=O) groups is 3. The van der Waals surface area contributed by atoms with Crippen LogP contribution in [0.2, 0.25) is 0 Å². The van der Waals surface area contributed by atoms with E-state index < -0.39 is 29.4 Å². The predicted molar refractivity (Wildman–Crippen MR) is 164 cm³/mol. The Labute approximate surface area is 256 Å². The van der Waals surface area contributed by atoms with Crippen molar-refractivity contribution in [3.05, 3.63) is 88.7 Å². The van der Waals surface area contributed by atoms with Crippen LogP contribution in [0.5, 0.6) is 11.5 Å². The van der Waals surface area contributed by atoms with Gasteiger partial charge in [-0.05, 0) is 106 Å². The van der Waals surface area contributed by atoms with Crippen molar-refractivity contribution in [3.8, 4) is 11.5 Å². The summed E-state index contributed by atoms with van der Waals surface area (Å²) in [6, 6.07) is 16.8. The van der Waals surface area contributed by atoms with E-state index in [2.05, 4.69) is 0 Å². The lowest BCUT2D eigenvalue weighted by Crippen LogP contribution is -2.40. The quantitative estimate of drug-likeness (QED) is 0.139. The summed E-state index contributed by atoms with van der Waals surface area (Å²) in [4.78, 5) is 41.9. The highest BCUT2D eigenvalue weighted by atomic mass is 32.2. The Morgan fingerprint density at radius 2 is 1.60 bits per heavy atom. The molecule has 2 unspecified atom stereocenters. The molecular formula is C34H38FNO6S. The molecule has 3 aromatic carbocycles.